The number of amides is 1. The lowest BCUT2D eigenvalue weighted by Gasteiger charge is -2.37. The minimum Gasteiger partial charge on any atom is -0.451 e. The van der Waals surface area contributed by atoms with Crippen LogP contribution in [0.3, 0.4) is 0 Å². The Bertz CT molecular complexity index is 1530. The maximum Gasteiger partial charge on any atom is 0.291 e. The fourth-order valence-corrected chi connectivity index (χ4v) is 4.68. The average molecular weight is 582 g/mol. The molecule has 3 aromatic carbocycles. The summed E-state index contributed by atoms with van der Waals surface area (Å²) in [5.41, 5.74) is 0.860. The van der Waals surface area contributed by atoms with E-state index in [1.54, 1.807) is 48.5 Å². The van der Waals surface area contributed by atoms with Gasteiger partial charge in [-0.05, 0) is 54.6 Å². The van der Waals surface area contributed by atoms with Crippen LogP contribution < -0.4 is 15.1 Å². The van der Waals surface area contributed by atoms with E-state index in [4.69, 9.17) is 27.6 Å². The lowest BCUT2D eigenvalue weighted by atomic mass is 10.2. The second-order valence-corrected chi connectivity index (χ2v) is 9.53. The number of nitrogens with zero attached hydrogens (tertiary/aromatic N) is 2. The van der Waals surface area contributed by atoms with Crippen LogP contribution >= 0.6 is 23.2 Å². The van der Waals surface area contributed by atoms with Crippen LogP contribution in [-0.2, 0) is 0 Å². The van der Waals surface area contributed by atoms with Crippen LogP contribution in [0.4, 0.5) is 39.0 Å². The summed E-state index contributed by atoms with van der Waals surface area (Å²) in [5.74, 6) is -9.85. The van der Waals surface area contributed by atoms with E-state index in [9.17, 15) is 26.7 Å². The Balaban J connectivity index is 1.22. The first kappa shape index (κ1) is 26.8. The summed E-state index contributed by atoms with van der Waals surface area (Å²) in [7, 11) is 0. The van der Waals surface area contributed by atoms with E-state index in [2.05, 4.69) is 5.32 Å². The molecule has 1 amide bonds. The summed E-state index contributed by atoms with van der Waals surface area (Å²) >= 11 is 12.2. The smallest absolute Gasteiger partial charge is 0.291 e. The van der Waals surface area contributed by atoms with Gasteiger partial charge < -0.3 is 19.5 Å². The lowest BCUT2D eigenvalue weighted by molar-refractivity contribution is 0.0997. The molecule has 1 fully saturated rings. The van der Waals surface area contributed by atoms with E-state index in [-0.39, 0.29) is 31.9 Å². The first-order valence-corrected chi connectivity index (χ1v) is 12.4. The summed E-state index contributed by atoms with van der Waals surface area (Å²) in [6.45, 7) is 0.613. The zero-order valence-corrected chi connectivity index (χ0v) is 21.4. The molecule has 0 radical (unpaired) electrons. The quantitative estimate of drug-likeness (QED) is 0.150. The summed E-state index contributed by atoms with van der Waals surface area (Å²) in [6, 6.07) is 14.8. The van der Waals surface area contributed by atoms with Crippen molar-refractivity contribution in [3.63, 3.8) is 0 Å². The van der Waals surface area contributed by atoms with Gasteiger partial charge in [0.25, 0.3) is 5.91 Å². The Kier molecular flexibility index (Phi) is 7.42. The van der Waals surface area contributed by atoms with Crippen molar-refractivity contribution >= 4 is 46.2 Å². The Labute approximate surface area is 229 Å². The highest BCUT2D eigenvalue weighted by Gasteiger charge is 2.30. The van der Waals surface area contributed by atoms with Crippen molar-refractivity contribution in [2.75, 3.05) is 41.3 Å². The molecule has 39 heavy (non-hydrogen) atoms. The van der Waals surface area contributed by atoms with E-state index < -0.39 is 40.7 Å². The van der Waals surface area contributed by atoms with Crippen molar-refractivity contribution in [2.24, 2.45) is 0 Å². The molecule has 1 N–H and O–H groups in total. The van der Waals surface area contributed by atoms with Crippen LogP contribution in [0.1, 0.15) is 10.6 Å². The number of anilines is 3. The number of piperazine rings is 1. The second kappa shape index (κ2) is 10.8. The lowest BCUT2D eigenvalue weighted by Crippen LogP contribution is -2.47. The fraction of sp³-hybridized carbons (Fsp3) is 0.148. The third-order valence-corrected chi connectivity index (χ3v) is 6.86. The molecular formula is C27H18Cl2F5N3O2. The predicted octanol–water partition coefficient (Wildman–Crippen LogP) is 7.53. The zero-order chi connectivity index (χ0) is 27.8. The highest BCUT2D eigenvalue weighted by atomic mass is 35.5. The standard InChI is InChI=1S/C27H18Cl2F5N3O2/c28-14-1-6-18(29)17(13-14)19-7-8-20(39-19)27(38)35-15-2-4-16(5-3-15)36-9-11-37(12-10-36)26-24(33)22(31)21(30)23(32)25(26)34/h1-8,13H,9-12H2,(H,35,38). The van der Waals surface area contributed by atoms with E-state index in [0.29, 0.717) is 27.1 Å². The third kappa shape index (κ3) is 5.26. The molecule has 4 aromatic rings. The number of benzene rings is 3. The topological polar surface area (TPSA) is 48.7 Å². The summed E-state index contributed by atoms with van der Waals surface area (Å²) in [5, 5.41) is 3.62. The zero-order valence-electron chi connectivity index (χ0n) is 19.9. The second-order valence-electron chi connectivity index (χ2n) is 8.68. The first-order valence-electron chi connectivity index (χ1n) is 11.6. The van der Waals surface area contributed by atoms with Gasteiger partial charge in [-0.2, -0.15) is 0 Å². The molecule has 1 saturated heterocycles. The molecule has 0 spiro atoms. The van der Waals surface area contributed by atoms with Crippen LogP contribution in [0, 0.1) is 29.1 Å². The maximum atomic E-state index is 14.2. The highest BCUT2D eigenvalue weighted by molar-refractivity contribution is 6.35. The van der Waals surface area contributed by atoms with Gasteiger partial charge in [0.1, 0.15) is 11.4 Å². The molecule has 0 saturated carbocycles. The Morgan fingerprint density at radius 1 is 0.744 bits per heavy atom. The normalized spacial score (nSPS) is 13.6. The van der Waals surface area contributed by atoms with E-state index >= 15 is 0 Å². The van der Waals surface area contributed by atoms with Crippen LogP contribution in [0.25, 0.3) is 11.3 Å². The largest absolute Gasteiger partial charge is 0.451 e. The number of halogens is 7. The number of carbonyl (C=O) groups is 1. The van der Waals surface area contributed by atoms with E-state index in [1.165, 1.54) is 6.07 Å². The monoisotopic (exact) mass is 581 g/mol. The van der Waals surface area contributed by atoms with Gasteiger partial charge in [0.05, 0.1) is 5.02 Å². The van der Waals surface area contributed by atoms with Gasteiger partial charge in [0.2, 0.25) is 5.82 Å². The van der Waals surface area contributed by atoms with Crippen molar-refractivity contribution in [1.29, 1.82) is 0 Å². The number of hydrogen-bond donors (Lipinski definition) is 1. The number of furan rings is 1. The minimum atomic E-state index is -2.18. The Morgan fingerprint density at radius 3 is 1.97 bits per heavy atom. The van der Waals surface area contributed by atoms with Crippen LogP contribution in [0.15, 0.2) is 59.0 Å². The van der Waals surface area contributed by atoms with Gasteiger partial charge in [-0.25, -0.2) is 22.0 Å². The van der Waals surface area contributed by atoms with Crippen molar-refractivity contribution < 1.29 is 31.2 Å². The molecule has 5 rings (SSSR count). The van der Waals surface area contributed by atoms with E-state index in [0.717, 1.165) is 10.6 Å². The Morgan fingerprint density at radius 2 is 1.33 bits per heavy atom. The van der Waals surface area contributed by atoms with Crippen LogP contribution in [-0.4, -0.2) is 32.1 Å². The summed E-state index contributed by atoms with van der Waals surface area (Å²) < 4.78 is 74.6. The van der Waals surface area contributed by atoms with Gasteiger partial charge >= 0.3 is 0 Å². The van der Waals surface area contributed by atoms with Crippen molar-refractivity contribution in [2.45, 2.75) is 0 Å². The van der Waals surface area contributed by atoms with Gasteiger partial charge in [0, 0.05) is 48.1 Å². The number of nitrogens with one attached hydrogen (secondary N) is 1. The first-order chi connectivity index (χ1) is 18.6. The number of rotatable bonds is 5. The molecule has 12 heteroatoms. The molecule has 2 heterocycles. The average Bonchev–Trinajstić information content (AvgIpc) is 3.43. The number of hydrogen-bond acceptors (Lipinski definition) is 4. The molecular weight excluding hydrogens is 564 g/mol. The van der Waals surface area contributed by atoms with Gasteiger partial charge in [-0.15, -0.1) is 0 Å². The minimum absolute atomic E-state index is 0.0360. The van der Waals surface area contributed by atoms with Crippen LogP contribution in [0.2, 0.25) is 10.0 Å². The van der Waals surface area contributed by atoms with Crippen LogP contribution in [0.5, 0.6) is 0 Å². The molecule has 1 aliphatic rings. The molecule has 0 atom stereocenters. The molecule has 1 aliphatic heterocycles. The fourth-order valence-electron chi connectivity index (χ4n) is 4.30. The highest BCUT2D eigenvalue weighted by Crippen LogP contribution is 2.33. The molecule has 0 bridgehead atoms. The SMILES string of the molecule is O=C(Nc1ccc(N2CCN(c3c(F)c(F)c(F)c(F)c3F)CC2)cc1)c1ccc(-c2cc(Cl)ccc2Cl)o1. The Hall–Kier alpha value is -3.76. The van der Waals surface area contributed by atoms with E-state index in [1.807, 2.05) is 4.90 Å². The van der Waals surface area contributed by atoms with Crippen molar-refractivity contribution in [1.82, 2.24) is 0 Å². The van der Waals surface area contributed by atoms with Crippen molar-refractivity contribution in [3.05, 3.63) is 99.5 Å². The molecule has 0 aliphatic carbocycles. The maximum absolute atomic E-state index is 14.2. The molecule has 5 nitrogen and oxygen atoms in total. The van der Waals surface area contributed by atoms with Gasteiger partial charge in [-0.1, -0.05) is 23.2 Å². The van der Waals surface area contributed by atoms with Gasteiger partial charge in [0.15, 0.2) is 29.0 Å². The summed E-state index contributed by atoms with van der Waals surface area (Å²) in [4.78, 5) is 15.7. The number of carbonyl (C=O) groups excluding carboxylic acids is 1. The molecule has 1 aromatic heterocycles. The molecule has 202 valence electrons. The van der Waals surface area contributed by atoms with Gasteiger partial charge in [-0.3, -0.25) is 4.79 Å². The summed E-state index contributed by atoms with van der Waals surface area (Å²) in [6.07, 6.45) is 0. The van der Waals surface area contributed by atoms with Crippen molar-refractivity contribution in [3.8, 4) is 11.3 Å². The third-order valence-electron chi connectivity index (χ3n) is 6.30. The molecule has 0 unspecified atom stereocenters. The predicted molar refractivity (Wildman–Crippen MR) is 139 cm³/mol.